The Hall–Kier alpha value is -1.47. The summed E-state index contributed by atoms with van der Waals surface area (Å²) in [6.07, 6.45) is -1.22. The number of aliphatic hydroxyl groups excluding tert-OH is 1. The van der Waals surface area contributed by atoms with E-state index in [1.54, 1.807) is 0 Å². The van der Waals surface area contributed by atoms with Crippen molar-refractivity contribution in [1.82, 2.24) is 9.55 Å². The summed E-state index contributed by atoms with van der Waals surface area (Å²) in [5, 5.41) is 10.1. The van der Waals surface area contributed by atoms with E-state index in [-0.39, 0.29) is 5.92 Å². The third-order valence-electron chi connectivity index (χ3n) is 3.61. The maximum atomic E-state index is 14.7. The molecule has 1 aliphatic rings. The number of alkyl halides is 1. The Morgan fingerprint density at radius 3 is 2.75 bits per heavy atom. The molecule has 0 aromatic carbocycles. The Morgan fingerprint density at radius 1 is 1.55 bits per heavy atom. The third-order valence-corrected chi connectivity index (χ3v) is 3.61. The summed E-state index contributed by atoms with van der Waals surface area (Å²) in [7, 11) is 0. The van der Waals surface area contributed by atoms with Gasteiger partial charge in [-0.25, -0.2) is 13.8 Å². The van der Waals surface area contributed by atoms with Gasteiger partial charge in [0, 0.05) is 18.7 Å². The zero-order valence-corrected chi connectivity index (χ0v) is 11.7. The van der Waals surface area contributed by atoms with E-state index in [0.29, 0.717) is 6.42 Å². The van der Waals surface area contributed by atoms with Crippen molar-refractivity contribution in [3.05, 3.63) is 33.1 Å². The van der Waals surface area contributed by atoms with Crippen molar-refractivity contribution in [3.8, 4) is 0 Å². The lowest BCUT2D eigenvalue weighted by molar-refractivity contribution is -0.183. The number of aliphatic hydroxyl groups is 3. The molecule has 0 unspecified atom stereocenters. The van der Waals surface area contributed by atoms with Gasteiger partial charge in [0.15, 0.2) is 12.2 Å². The molecule has 2 rings (SSSR count). The molecule has 0 amide bonds. The van der Waals surface area contributed by atoms with E-state index in [1.165, 1.54) is 13.1 Å². The molecular formula is C13H20FN2O4+. The van der Waals surface area contributed by atoms with Crippen molar-refractivity contribution in [2.45, 2.75) is 51.3 Å². The molecule has 6 nitrogen and oxygen atoms in total. The van der Waals surface area contributed by atoms with Crippen LogP contribution >= 0.6 is 0 Å². The molecule has 0 bridgehead atoms. The maximum absolute atomic E-state index is 14.7. The number of hydrogen-bond acceptors (Lipinski definition) is 3. The molecule has 1 aromatic heterocycles. The molecule has 7 heteroatoms. The van der Waals surface area contributed by atoms with Crippen LogP contribution in [0.25, 0.3) is 0 Å². The summed E-state index contributed by atoms with van der Waals surface area (Å²) in [4.78, 5) is 24.9. The molecule has 1 aromatic rings. The van der Waals surface area contributed by atoms with E-state index in [0.717, 1.165) is 10.6 Å². The summed E-state index contributed by atoms with van der Waals surface area (Å²) in [5.41, 5.74) is -3.33. The van der Waals surface area contributed by atoms with Gasteiger partial charge in [0.1, 0.15) is 0 Å². The van der Waals surface area contributed by atoms with E-state index >= 15 is 0 Å². The van der Waals surface area contributed by atoms with E-state index in [2.05, 4.69) is 9.72 Å². The topological polar surface area (TPSA) is 87.9 Å². The lowest BCUT2D eigenvalue weighted by Crippen LogP contribution is -2.43. The summed E-state index contributed by atoms with van der Waals surface area (Å²) in [5.74, 6) is 0.250. The number of aromatic amines is 1. The van der Waals surface area contributed by atoms with Gasteiger partial charge in [0.25, 0.3) is 11.8 Å². The van der Waals surface area contributed by atoms with Crippen molar-refractivity contribution < 1.29 is 14.2 Å². The normalized spacial score (nSPS) is 33.8. The highest BCUT2D eigenvalue weighted by molar-refractivity contribution is 5.00. The summed E-state index contributed by atoms with van der Waals surface area (Å²) >= 11 is 0. The van der Waals surface area contributed by atoms with Crippen molar-refractivity contribution in [2.24, 2.45) is 5.92 Å². The van der Waals surface area contributed by atoms with E-state index in [9.17, 15) is 19.1 Å². The second-order valence-electron chi connectivity index (χ2n) is 5.83. The zero-order chi connectivity index (χ0) is 15.1. The van der Waals surface area contributed by atoms with Gasteiger partial charge in [-0.1, -0.05) is 13.8 Å². The zero-order valence-electron chi connectivity index (χ0n) is 11.7. The molecule has 1 saturated heterocycles. The minimum Gasteiger partial charge on any atom is -0.408 e. The van der Waals surface area contributed by atoms with Crippen LogP contribution in [0.5, 0.6) is 0 Å². The predicted molar refractivity (Wildman–Crippen MR) is 71.3 cm³/mol. The number of rotatable bonds is 3. The van der Waals surface area contributed by atoms with Crippen molar-refractivity contribution in [1.29, 1.82) is 0 Å². The quantitative estimate of drug-likeness (QED) is 0.772. The first-order valence-corrected chi connectivity index (χ1v) is 6.62. The molecule has 0 radical (unpaired) electrons. The van der Waals surface area contributed by atoms with Crippen LogP contribution in [-0.4, -0.2) is 37.3 Å². The Morgan fingerprint density at radius 2 is 2.20 bits per heavy atom. The SMILES string of the molecule is CC(C)C[C@H]1[OH+][C@@H](n2ccc(=O)[nH]c2=O)[C@](C)(F)[C@@H]1O. The molecule has 3 N–H and O–H groups in total. The molecule has 0 aliphatic carbocycles. The van der Waals surface area contributed by atoms with E-state index in [1.807, 2.05) is 13.8 Å². The second-order valence-corrected chi connectivity index (χ2v) is 5.83. The lowest BCUT2D eigenvalue weighted by Gasteiger charge is -2.20. The molecule has 1 fully saturated rings. The Labute approximate surface area is 115 Å². The van der Waals surface area contributed by atoms with Crippen molar-refractivity contribution >= 4 is 0 Å². The number of halogens is 1. The van der Waals surface area contributed by atoms with Crippen LogP contribution in [0.15, 0.2) is 21.9 Å². The van der Waals surface area contributed by atoms with E-state index in [4.69, 9.17) is 0 Å². The van der Waals surface area contributed by atoms with Crippen LogP contribution in [0.4, 0.5) is 4.39 Å². The molecule has 1 aliphatic heterocycles. The van der Waals surface area contributed by atoms with Gasteiger partial charge in [0.05, 0.1) is 0 Å². The first-order valence-electron chi connectivity index (χ1n) is 6.62. The maximum Gasteiger partial charge on any atom is 0.334 e. The molecule has 0 saturated carbocycles. The first kappa shape index (κ1) is 14.9. The fraction of sp³-hybridized carbons (Fsp3) is 0.692. The molecule has 4 atom stereocenters. The van der Waals surface area contributed by atoms with Gasteiger partial charge >= 0.3 is 5.69 Å². The summed E-state index contributed by atoms with van der Waals surface area (Å²) < 4.78 is 20.0. The van der Waals surface area contributed by atoms with Crippen LogP contribution in [0.2, 0.25) is 0 Å². The van der Waals surface area contributed by atoms with Crippen LogP contribution < -0.4 is 11.2 Å². The molecule has 0 spiro atoms. The highest BCUT2D eigenvalue weighted by atomic mass is 19.1. The van der Waals surface area contributed by atoms with Gasteiger partial charge < -0.3 is 9.84 Å². The minimum absolute atomic E-state index is 0.250. The van der Waals surface area contributed by atoms with Crippen molar-refractivity contribution in [3.63, 3.8) is 0 Å². The Balaban J connectivity index is 2.36. The fourth-order valence-electron chi connectivity index (χ4n) is 2.57. The number of nitrogens with one attached hydrogen (secondary N) is 1. The first-order chi connectivity index (χ1) is 9.23. The van der Waals surface area contributed by atoms with Gasteiger partial charge in [-0.15, -0.1) is 0 Å². The van der Waals surface area contributed by atoms with Gasteiger partial charge in [-0.3, -0.25) is 9.78 Å². The third kappa shape index (κ3) is 2.55. The van der Waals surface area contributed by atoms with Crippen LogP contribution in [0.3, 0.4) is 0 Å². The molecular weight excluding hydrogens is 267 g/mol. The predicted octanol–water partition coefficient (Wildman–Crippen LogP) is 0.0806. The second kappa shape index (κ2) is 5.14. The number of H-pyrrole nitrogens is 1. The minimum atomic E-state index is -2.05. The van der Waals surface area contributed by atoms with Gasteiger partial charge in [0.2, 0.25) is 5.67 Å². The summed E-state index contributed by atoms with van der Waals surface area (Å²) in [6, 6.07) is 1.13. The fourth-order valence-corrected chi connectivity index (χ4v) is 2.57. The summed E-state index contributed by atoms with van der Waals surface area (Å²) in [6.45, 7) is 5.14. The average molecular weight is 287 g/mol. The highest BCUT2D eigenvalue weighted by Gasteiger charge is 2.60. The highest BCUT2D eigenvalue weighted by Crippen LogP contribution is 2.40. The number of ether oxygens (including phenoxy) is 1. The smallest absolute Gasteiger partial charge is 0.334 e. The average Bonchev–Trinajstić information content (AvgIpc) is 2.53. The van der Waals surface area contributed by atoms with Crippen LogP contribution in [0, 0.1) is 5.92 Å². The molecule has 2 heterocycles. The Kier molecular flexibility index (Phi) is 3.84. The van der Waals surface area contributed by atoms with Gasteiger partial charge in [-0.05, 0) is 12.8 Å². The van der Waals surface area contributed by atoms with Crippen LogP contribution in [0.1, 0.15) is 33.4 Å². The van der Waals surface area contributed by atoms with Gasteiger partial charge in [-0.2, -0.15) is 0 Å². The molecule has 112 valence electrons. The number of aromatic nitrogens is 2. The standard InChI is InChI=1S/C13H19FN2O4/c1-7(2)6-8-10(18)13(3,14)11(20-8)16-5-4-9(17)15-12(16)19/h4-5,7-8,10-11,18H,6H2,1-3H3,(H,15,17,19)/p+1/t8-,10-,11-,13-/m1/s1. The number of hydrogen-bond donors (Lipinski definition) is 2. The number of nitrogens with zero attached hydrogens (tertiary/aromatic N) is 1. The lowest BCUT2D eigenvalue weighted by atomic mass is 9.94. The molecule has 20 heavy (non-hydrogen) atoms. The monoisotopic (exact) mass is 287 g/mol. The van der Waals surface area contributed by atoms with Crippen molar-refractivity contribution in [2.75, 3.05) is 0 Å². The Bertz CT molecular complexity index is 593. The largest absolute Gasteiger partial charge is 0.408 e. The van der Waals surface area contributed by atoms with E-state index < -0.39 is 35.4 Å². The van der Waals surface area contributed by atoms with Crippen LogP contribution in [-0.2, 0) is 0 Å².